The molecule has 67 heavy (non-hydrogen) atoms. The Morgan fingerprint density at radius 1 is 0.925 bits per heavy atom. The molecule has 2 saturated heterocycles. The third-order valence-corrected chi connectivity index (χ3v) is 14.7. The summed E-state index contributed by atoms with van der Waals surface area (Å²) in [5, 5.41) is 18.3. The number of benzene rings is 4. The molecule has 1 aromatic heterocycles. The van der Waals surface area contributed by atoms with E-state index < -0.39 is 41.7 Å². The summed E-state index contributed by atoms with van der Waals surface area (Å²) < 4.78 is 8.59. The van der Waals surface area contributed by atoms with Crippen LogP contribution in [-0.4, -0.2) is 92.3 Å². The molecule has 0 saturated carbocycles. The highest BCUT2D eigenvalue weighted by Gasteiger charge is 2.45. The smallest absolute Gasteiger partial charge is 0.226 e. The zero-order valence-corrected chi connectivity index (χ0v) is 39.4. The number of carbonyl (C=O) groups excluding carboxylic acids is 4. The van der Waals surface area contributed by atoms with Crippen molar-refractivity contribution in [1.29, 1.82) is 0 Å². The molecule has 0 unspecified atom stereocenters. The van der Waals surface area contributed by atoms with Gasteiger partial charge in [0.15, 0.2) is 5.78 Å². The van der Waals surface area contributed by atoms with E-state index >= 15 is 9.59 Å². The predicted octanol–water partition coefficient (Wildman–Crippen LogP) is 7.93. The number of piperidine rings is 1. The Kier molecular flexibility index (Phi) is 13.7. The lowest BCUT2D eigenvalue weighted by Gasteiger charge is -2.46. The van der Waals surface area contributed by atoms with Crippen molar-refractivity contribution in [2.45, 2.75) is 75.9 Å². The Balaban J connectivity index is 1.04. The average Bonchev–Trinajstić information content (AvgIpc) is 4.11. The third-order valence-electron chi connectivity index (χ3n) is 14.2. The molecule has 5 aromatic rings. The Hall–Kier alpha value is -5.79. The van der Waals surface area contributed by atoms with Crippen LogP contribution in [0.4, 0.5) is 0 Å². The van der Waals surface area contributed by atoms with Gasteiger partial charge >= 0.3 is 0 Å². The topological polar surface area (TPSA) is 146 Å². The number of hydrogen-bond acceptors (Lipinski definition) is 8. The predicted molar refractivity (Wildman–Crippen MR) is 259 cm³/mol. The van der Waals surface area contributed by atoms with E-state index in [4.69, 9.17) is 27.9 Å². The molecule has 4 aliphatic rings. The number of nitrogens with one attached hydrogen (secondary N) is 2. The number of rotatable bonds is 10. The lowest BCUT2D eigenvalue weighted by atomic mass is 9.79. The maximum atomic E-state index is 15.3. The number of halogens is 2. The standard InChI is InChI=1S/C53H56Cl2N6O6/c1-33-47(63)24-39(31-62)51(65)58-53(27-34-8-14-40(54)15-9-34)21-5-23-60(32-53)52(66)45(44-19-13-35-6-3-4-7-43(35)44)26-49(64)61(33)30-38-10-16-41(55)25-48(38)67-42-17-11-36(12-18-42)46-29-57-50(59(46)2)37-20-22-56-28-37/h3-4,6-12,14-18,20,25,29,33,39,44-45,56,62H,5,13,19,21-24,26-28,30-32H2,1-2H3,(H,58,65)/t33-,39-,44+,45-,53+/m0/s1. The highest BCUT2D eigenvalue weighted by molar-refractivity contribution is 6.31. The van der Waals surface area contributed by atoms with Gasteiger partial charge in [-0.2, -0.15) is 0 Å². The van der Waals surface area contributed by atoms with Crippen LogP contribution in [0, 0.1) is 11.8 Å². The monoisotopic (exact) mass is 942 g/mol. The van der Waals surface area contributed by atoms with Crippen LogP contribution in [0.5, 0.6) is 11.5 Å². The van der Waals surface area contributed by atoms with E-state index in [1.165, 1.54) is 4.90 Å². The van der Waals surface area contributed by atoms with Crippen molar-refractivity contribution in [2.24, 2.45) is 18.9 Å². The molecule has 0 spiro atoms. The van der Waals surface area contributed by atoms with E-state index in [0.29, 0.717) is 59.3 Å². The van der Waals surface area contributed by atoms with Crippen molar-refractivity contribution in [2.75, 3.05) is 32.8 Å². The first-order valence-corrected chi connectivity index (χ1v) is 24.0. The normalized spacial score (nSPS) is 23.7. The zero-order chi connectivity index (χ0) is 46.8. The highest BCUT2D eigenvalue weighted by atomic mass is 35.5. The van der Waals surface area contributed by atoms with Crippen LogP contribution in [0.1, 0.15) is 73.0 Å². The first kappa shape index (κ1) is 46.3. The molecule has 348 valence electrons. The first-order chi connectivity index (χ1) is 32.4. The number of aliphatic hydroxyl groups is 1. The molecule has 1 aliphatic carbocycles. The number of nitrogens with zero attached hydrogens (tertiary/aromatic N) is 4. The Bertz CT molecular complexity index is 2700. The van der Waals surface area contributed by atoms with Gasteiger partial charge in [0.25, 0.3) is 0 Å². The van der Waals surface area contributed by atoms with E-state index in [9.17, 15) is 14.7 Å². The van der Waals surface area contributed by atoms with E-state index in [1.807, 2.05) is 66.7 Å². The second kappa shape index (κ2) is 19.8. The van der Waals surface area contributed by atoms with E-state index in [0.717, 1.165) is 58.9 Å². The van der Waals surface area contributed by atoms with Crippen LogP contribution in [0.25, 0.3) is 16.8 Å². The summed E-state index contributed by atoms with van der Waals surface area (Å²) in [4.78, 5) is 67.3. The maximum Gasteiger partial charge on any atom is 0.226 e. The van der Waals surface area contributed by atoms with Gasteiger partial charge in [-0.05, 0) is 110 Å². The number of hydrogen-bond donors (Lipinski definition) is 3. The number of fused-ring (bicyclic) bond motifs is 3. The molecular formula is C53H56Cl2N6O6. The number of amides is 3. The van der Waals surface area contributed by atoms with Gasteiger partial charge in [0.2, 0.25) is 17.7 Å². The third kappa shape index (κ3) is 9.95. The molecule has 12 nitrogen and oxygen atoms in total. The number of ether oxygens (including phenoxy) is 1. The molecule has 3 amide bonds. The molecule has 14 heteroatoms. The average molecular weight is 944 g/mol. The lowest BCUT2D eigenvalue weighted by Crippen LogP contribution is -2.63. The summed E-state index contributed by atoms with van der Waals surface area (Å²) in [6.07, 6.45) is 6.64. The van der Waals surface area contributed by atoms with Crippen LogP contribution < -0.4 is 15.4 Å². The van der Waals surface area contributed by atoms with Gasteiger partial charge in [-0.25, -0.2) is 4.98 Å². The quantitative estimate of drug-likeness (QED) is 0.128. The Morgan fingerprint density at radius 2 is 1.70 bits per heavy atom. The Morgan fingerprint density at radius 3 is 2.46 bits per heavy atom. The number of aliphatic hydroxyl groups excluding tert-OH is 1. The number of Topliss-reactive ketones (excluding diaryl/α,β-unsaturated/α-hetero) is 1. The number of aromatic nitrogens is 2. The summed E-state index contributed by atoms with van der Waals surface area (Å²) >= 11 is 12.8. The van der Waals surface area contributed by atoms with Gasteiger partial charge in [-0.3, -0.25) is 19.2 Å². The number of imidazole rings is 1. The second-order valence-electron chi connectivity index (χ2n) is 18.6. The van der Waals surface area contributed by atoms with Gasteiger partial charge in [0.05, 0.1) is 48.5 Å². The van der Waals surface area contributed by atoms with E-state index in [1.54, 1.807) is 37.3 Å². The summed E-state index contributed by atoms with van der Waals surface area (Å²) in [6.45, 7) is 3.28. The summed E-state index contributed by atoms with van der Waals surface area (Å²) in [5.74, 6) is -1.62. The molecule has 9 rings (SSSR count). The van der Waals surface area contributed by atoms with Gasteiger partial charge in [0.1, 0.15) is 17.3 Å². The summed E-state index contributed by atoms with van der Waals surface area (Å²) in [5.41, 5.74) is 5.90. The molecule has 3 N–H and O–H groups in total. The largest absolute Gasteiger partial charge is 0.457 e. The number of aryl methyl sites for hydroxylation is 1. The van der Waals surface area contributed by atoms with Gasteiger partial charge in [-0.1, -0.05) is 71.7 Å². The molecule has 4 heterocycles. The van der Waals surface area contributed by atoms with Crippen molar-refractivity contribution < 1.29 is 29.0 Å². The molecule has 0 radical (unpaired) electrons. The van der Waals surface area contributed by atoms with Crippen molar-refractivity contribution in [1.82, 2.24) is 30.0 Å². The van der Waals surface area contributed by atoms with Crippen LogP contribution in [0.15, 0.2) is 103 Å². The SMILES string of the molecule is C[C@H]1C(=O)C[C@@H](CO)C(=O)N[C@@]2(Cc3ccc(Cl)cc3)CCCN(C2)C(=O)[C@H]([C@@H]2CCc3ccccc32)CC(=O)N1Cc1ccc(Cl)cc1Oc1ccc(-c2cnc(C3=CCNC3)n2C)cc1. The van der Waals surface area contributed by atoms with E-state index in [-0.39, 0.29) is 43.7 Å². The van der Waals surface area contributed by atoms with Crippen LogP contribution in [0.2, 0.25) is 10.0 Å². The van der Waals surface area contributed by atoms with Gasteiger partial charge in [0, 0.05) is 72.8 Å². The number of ketones is 1. The minimum absolute atomic E-state index is 0.0507. The van der Waals surface area contributed by atoms with Crippen molar-refractivity contribution in [3.05, 3.63) is 141 Å². The molecule has 3 aliphatic heterocycles. The van der Waals surface area contributed by atoms with Gasteiger partial charge in [-0.15, -0.1) is 0 Å². The summed E-state index contributed by atoms with van der Waals surface area (Å²) in [6, 6.07) is 27.3. The zero-order valence-electron chi connectivity index (χ0n) is 37.8. The second-order valence-corrected chi connectivity index (χ2v) is 19.5. The van der Waals surface area contributed by atoms with Crippen LogP contribution in [-0.2, 0) is 45.6 Å². The molecule has 5 atom stereocenters. The van der Waals surface area contributed by atoms with Crippen LogP contribution in [0.3, 0.4) is 0 Å². The lowest BCUT2D eigenvalue weighted by molar-refractivity contribution is -0.148. The van der Waals surface area contributed by atoms with Crippen molar-refractivity contribution >= 4 is 52.3 Å². The maximum absolute atomic E-state index is 15.3. The number of carbonyl (C=O) groups is 4. The fourth-order valence-corrected chi connectivity index (χ4v) is 10.9. The first-order valence-electron chi connectivity index (χ1n) is 23.2. The highest BCUT2D eigenvalue weighted by Crippen LogP contribution is 2.42. The molecule has 2 fully saturated rings. The van der Waals surface area contributed by atoms with Crippen molar-refractivity contribution in [3.63, 3.8) is 0 Å². The Labute approximate surface area is 401 Å². The van der Waals surface area contributed by atoms with Crippen LogP contribution >= 0.6 is 23.2 Å². The van der Waals surface area contributed by atoms with Gasteiger partial charge < -0.3 is 34.8 Å². The minimum atomic E-state index is -1.09. The van der Waals surface area contributed by atoms with Crippen molar-refractivity contribution in [3.8, 4) is 22.8 Å². The fourth-order valence-electron chi connectivity index (χ4n) is 10.6. The molecule has 2 bridgehead atoms. The minimum Gasteiger partial charge on any atom is -0.457 e. The molecular weight excluding hydrogens is 888 g/mol. The molecule has 4 aromatic carbocycles. The summed E-state index contributed by atoms with van der Waals surface area (Å²) in [7, 11) is 2.00. The fraction of sp³-hybridized carbons (Fsp3) is 0.377. The van der Waals surface area contributed by atoms with E-state index in [2.05, 4.69) is 38.4 Å².